The molecule has 0 bridgehead atoms. The van der Waals surface area contributed by atoms with Crippen LogP contribution in [0.1, 0.15) is 23.8 Å². The number of ether oxygens (including phenoxy) is 3. The van der Waals surface area contributed by atoms with E-state index in [4.69, 9.17) is 14.2 Å². The third kappa shape index (κ3) is 6.36. The molecule has 2 fully saturated rings. The summed E-state index contributed by atoms with van der Waals surface area (Å²) in [5.41, 5.74) is 1.01. The monoisotopic (exact) mass is 550 g/mol. The smallest absolute Gasteiger partial charge is 0.302 e. The van der Waals surface area contributed by atoms with Crippen LogP contribution >= 0.6 is 11.8 Å². The maximum Gasteiger partial charge on any atom is 0.302 e. The summed E-state index contributed by atoms with van der Waals surface area (Å²) in [5, 5.41) is 0.127. The van der Waals surface area contributed by atoms with Gasteiger partial charge in [0, 0.05) is 36.0 Å². The van der Waals surface area contributed by atoms with Crippen LogP contribution in [0.3, 0.4) is 0 Å². The van der Waals surface area contributed by atoms with Gasteiger partial charge in [-0.15, -0.1) is 0 Å². The minimum absolute atomic E-state index is 0.000998. The van der Waals surface area contributed by atoms with Crippen molar-refractivity contribution in [1.82, 2.24) is 14.3 Å². The third-order valence-electron chi connectivity index (χ3n) is 5.69. The predicted octanol–water partition coefficient (Wildman–Crippen LogP) is 3.90. The molecule has 3 heterocycles. The Morgan fingerprint density at radius 2 is 1.81 bits per heavy atom. The zero-order valence-corrected chi connectivity index (χ0v) is 21.2. The second-order valence-electron chi connectivity index (χ2n) is 8.38. The molecule has 2 aliphatic rings. The van der Waals surface area contributed by atoms with Gasteiger partial charge in [0.15, 0.2) is 23.1 Å². The van der Waals surface area contributed by atoms with Gasteiger partial charge >= 0.3 is 10.2 Å². The fourth-order valence-electron chi connectivity index (χ4n) is 3.63. The first-order chi connectivity index (χ1) is 17.9. The average molecular weight is 551 g/mol. The SMILES string of the molecule is O=S(=O)(Nc1cc(OC2COC(c3ccccc3)OC2)nc(SCc2cccc(F)c2F)n1)N1CCC1. The summed E-state index contributed by atoms with van der Waals surface area (Å²) >= 11 is 1.02. The van der Waals surface area contributed by atoms with E-state index >= 15 is 0 Å². The fourth-order valence-corrected chi connectivity index (χ4v) is 5.70. The van der Waals surface area contributed by atoms with Gasteiger partial charge in [0.2, 0.25) is 5.88 Å². The van der Waals surface area contributed by atoms with Crippen molar-refractivity contribution < 1.29 is 31.4 Å². The van der Waals surface area contributed by atoms with Crippen LogP contribution in [0.25, 0.3) is 0 Å². The molecule has 13 heteroatoms. The second kappa shape index (κ2) is 11.3. The third-order valence-corrected chi connectivity index (χ3v) is 8.09. The van der Waals surface area contributed by atoms with Gasteiger partial charge in [-0.3, -0.25) is 4.72 Å². The number of anilines is 1. The van der Waals surface area contributed by atoms with Crippen molar-refractivity contribution in [2.45, 2.75) is 29.7 Å². The minimum Gasteiger partial charge on any atom is -0.469 e. The Labute approximate surface area is 217 Å². The zero-order chi connectivity index (χ0) is 25.8. The molecule has 0 aliphatic carbocycles. The molecule has 0 atom stereocenters. The first kappa shape index (κ1) is 25.8. The van der Waals surface area contributed by atoms with E-state index in [1.54, 1.807) is 0 Å². The van der Waals surface area contributed by atoms with Gasteiger partial charge < -0.3 is 14.2 Å². The predicted molar refractivity (Wildman–Crippen MR) is 132 cm³/mol. The highest BCUT2D eigenvalue weighted by molar-refractivity contribution is 7.98. The van der Waals surface area contributed by atoms with Crippen LogP contribution in [0.5, 0.6) is 5.88 Å². The summed E-state index contributed by atoms with van der Waals surface area (Å²) in [7, 11) is -3.79. The van der Waals surface area contributed by atoms with Crippen LogP contribution in [0.4, 0.5) is 14.6 Å². The van der Waals surface area contributed by atoms with Crippen molar-refractivity contribution in [1.29, 1.82) is 0 Å². The van der Waals surface area contributed by atoms with Gasteiger partial charge in [-0.25, -0.2) is 13.8 Å². The Morgan fingerprint density at radius 1 is 1.05 bits per heavy atom. The number of thioether (sulfide) groups is 1. The Bertz CT molecular complexity index is 1340. The molecular formula is C24H24F2N4O5S2. The molecule has 0 saturated carbocycles. The maximum absolute atomic E-state index is 14.1. The van der Waals surface area contributed by atoms with Gasteiger partial charge in [-0.1, -0.05) is 54.2 Å². The molecule has 2 aliphatic heterocycles. The summed E-state index contributed by atoms with van der Waals surface area (Å²) in [5.74, 6) is -1.79. The Kier molecular flexibility index (Phi) is 7.86. The first-order valence-corrected chi connectivity index (χ1v) is 14.0. The van der Waals surface area contributed by atoms with Crippen molar-refractivity contribution in [3.8, 4) is 5.88 Å². The van der Waals surface area contributed by atoms with Crippen LogP contribution in [-0.4, -0.2) is 55.1 Å². The number of hydrogen-bond donors (Lipinski definition) is 1. The quantitative estimate of drug-likeness (QED) is 0.316. The van der Waals surface area contributed by atoms with Crippen LogP contribution < -0.4 is 9.46 Å². The highest BCUT2D eigenvalue weighted by atomic mass is 32.2. The molecule has 3 aromatic rings. The van der Waals surface area contributed by atoms with Gasteiger partial charge in [0.25, 0.3) is 0 Å². The zero-order valence-electron chi connectivity index (χ0n) is 19.5. The normalized spacial score (nSPS) is 20.3. The lowest BCUT2D eigenvalue weighted by Crippen LogP contribution is -2.45. The number of hydrogen-bond acceptors (Lipinski definition) is 8. The molecule has 196 valence electrons. The second-order valence-corrected chi connectivity index (χ2v) is 11.0. The lowest BCUT2D eigenvalue weighted by molar-refractivity contribution is -0.216. The molecule has 37 heavy (non-hydrogen) atoms. The van der Waals surface area contributed by atoms with Crippen molar-refractivity contribution in [2.24, 2.45) is 0 Å². The van der Waals surface area contributed by atoms with Gasteiger partial charge in [0.05, 0.1) is 13.2 Å². The van der Waals surface area contributed by atoms with Crippen LogP contribution in [0.15, 0.2) is 59.8 Å². The van der Waals surface area contributed by atoms with E-state index in [-0.39, 0.29) is 41.4 Å². The highest BCUT2D eigenvalue weighted by Crippen LogP contribution is 2.29. The van der Waals surface area contributed by atoms with E-state index in [0.29, 0.717) is 13.1 Å². The van der Waals surface area contributed by atoms with E-state index in [2.05, 4.69) is 14.7 Å². The molecule has 1 aromatic heterocycles. The van der Waals surface area contributed by atoms with Gasteiger partial charge in [-0.2, -0.15) is 17.7 Å². The number of nitrogens with zero attached hydrogens (tertiary/aromatic N) is 3. The van der Waals surface area contributed by atoms with Crippen molar-refractivity contribution in [3.63, 3.8) is 0 Å². The maximum atomic E-state index is 14.1. The number of aromatic nitrogens is 2. The molecule has 1 N–H and O–H groups in total. The molecule has 9 nitrogen and oxygen atoms in total. The molecular weight excluding hydrogens is 526 g/mol. The number of rotatable bonds is 9. The van der Waals surface area contributed by atoms with Crippen molar-refractivity contribution >= 4 is 27.8 Å². The number of halogens is 2. The summed E-state index contributed by atoms with van der Waals surface area (Å²) < 4.78 is 74.1. The average Bonchev–Trinajstić information content (AvgIpc) is 2.84. The largest absolute Gasteiger partial charge is 0.469 e. The number of nitrogens with one attached hydrogen (secondary N) is 1. The van der Waals surface area contributed by atoms with E-state index < -0.39 is 34.2 Å². The van der Waals surface area contributed by atoms with E-state index in [1.807, 2.05) is 30.3 Å². The molecule has 5 rings (SSSR count). The molecule has 0 radical (unpaired) electrons. The molecule has 0 unspecified atom stereocenters. The van der Waals surface area contributed by atoms with E-state index in [1.165, 1.54) is 22.5 Å². The Hall–Kier alpha value is -2.84. The molecule has 0 amide bonds. The first-order valence-electron chi connectivity index (χ1n) is 11.5. The Morgan fingerprint density at radius 3 is 2.51 bits per heavy atom. The standard InChI is InChI=1S/C24H24F2N4O5S2/c25-19-9-4-8-17(22(19)26)15-36-24-27-20(29-37(31,32)30-10-5-11-30)12-21(28-24)35-18-13-33-23(34-14-18)16-6-2-1-3-7-16/h1-4,6-9,12,18,23H,5,10-11,13-15H2,(H,27,28,29). The summed E-state index contributed by atoms with van der Waals surface area (Å²) in [6, 6.07) is 14.8. The number of benzene rings is 2. The van der Waals surface area contributed by atoms with Crippen molar-refractivity contribution in [3.05, 3.63) is 77.4 Å². The van der Waals surface area contributed by atoms with Crippen molar-refractivity contribution in [2.75, 3.05) is 31.0 Å². The van der Waals surface area contributed by atoms with Crippen LogP contribution in [0, 0.1) is 11.6 Å². The molecule has 0 spiro atoms. The van der Waals surface area contributed by atoms with E-state index in [0.717, 1.165) is 29.8 Å². The summed E-state index contributed by atoms with van der Waals surface area (Å²) in [4.78, 5) is 8.58. The van der Waals surface area contributed by atoms with Gasteiger partial charge in [0.1, 0.15) is 11.9 Å². The molecule has 2 aromatic carbocycles. The molecule has 2 saturated heterocycles. The lowest BCUT2D eigenvalue weighted by Gasteiger charge is -2.30. The summed E-state index contributed by atoms with van der Waals surface area (Å²) in [6.07, 6.45) is -0.240. The highest BCUT2D eigenvalue weighted by Gasteiger charge is 2.29. The topological polar surface area (TPSA) is 103 Å². The van der Waals surface area contributed by atoms with Crippen LogP contribution in [-0.2, 0) is 25.4 Å². The van der Waals surface area contributed by atoms with E-state index in [9.17, 15) is 17.2 Å². The lowest BCUT2D eigenvalue weighted by atomic mass is 10.2. The van der Waals surface area contributed by atoms with Gasteiger partial charge in [-0.05, 0) is 12.5 Å². The summed E-state index contributed by atoms with van der Waals surface area (Å²) in [6.45, 7) is 1.28. The Balaban J connectivity index is 1.31. The van der Waals surface area contributed by atoms with Crippen LogP contribution in [0.2, 0.25) is 0 Å². The minimum atomic E-state index is -3.79. The fraction of sp³-hybridized carbons (Fsp3) is 0.333.